The van der Waals surface area contributed by atoms with Crippen LogP contribution < -0.4 is 0 Å². The highest BCUT2D eigenvalue weighted by Crippen LogP contribution is 2.41. The van der Waals surface area contributed by atoms with Gasteiger partial charge in [0, 0.05) is 6.61 Å². The third-order valence-corrected chi connectivity index (χ3v) is 7.27. The van der Waals surface area contributed by atoms with Gasteiger partial charge in [-0.15, -0.1) is 0 Å². The van der Waals surface area contributed by atoms with E-state index in [4.69, 9.17) is 9.72 Å². The first-order chi connectivity index (χ1) is 17.5. The van der Waals surface area contributed by atoms with Crippen molar-refractivity contribution in [1.82, 2.24) is 4.98 Å². The van der Waals surface area contributed by atoms with Gasteiger partial charge < -0.3 is 4.74 Å². The molecule has 2 aliphatic carbocycles. The van der Waals surface area contributed by atoms with Crippen LogP contribution in [0.15, 0.2) is 60.7 Å². The maximum absolute atomic E-state index is 6.10. The number of hydrogen-bond acceptors (Lipinski definition) is 2. The number of hydrogen-bond donors (Lipinski definition) is 0. The van der Waals surface area contributed by atoms with Gasteiger partial charge in [0.25, 0.3) is 0 Å². The summed E-state index contributed by atoms with van der Waals surface area (Å²) in [7, 11) is 0. The lowest BCUT2D eigenvalue weighted by Crippen LogP contribution is -2.21. The Morgan fingerprint density at radius 3 is 1.69 bits per heavy atom. The summed E-state index contributed by atoms with van der Waals surface area (Å²) in [6, 6.07) is 21.5. The lowest BCUT2D eigenvalue weighted by molar-refractivity contribution is -0.00387. The fraction of sp³-hybridized carbons (Fsp3) is 0.382. The molecule has 0 saturated heterocycles. The number of rotatable bonds is 6. The van der Waals surface area contributed by atoms with Crippen molar-refractivity contribution in [2.24, 2.45) is 0 Å². The summed E-state index contributed by atoms with van der Waals surface area (Å²) in [5, 5.41) is 0. The Morgan fingerprint density at radius 1 is 0.722 bits per heavy atom. The summed E-state index contributed by atoms with van der Waals surface area (Å²) >= 11 is 0. The minimum Gasteiger partial charge on any atom is -0.376 e. The summed E-state index contributed by atoms with van der Waals surface area (Å²) in [4.78, 5) is 5.47. The van der Waals surface area contributed by atoms with Crippen LogP contribution >= 0.6 is 0 Å². The van der Waals surface area contributed by atoms with Gasteiger partial charge in [0.05, 0.1) is 17.0 Å². The van der Waals surface area contributed by atoms with E-state index in [0.717, 1.165) is 45.1 Å². The van der Waals surface area contributed by atoms with Crippen LogP contribution in [0.3, 0.4) is 0 Å². The summed E-state index contributed by atoms with van der Waals surface area (Å²) in [6.45, 7) is 7.23. The second kappa shape index (κ2) is 11.0. The van der Waals surface area contributed by atoms with E-state index in [-0.39, 0.29) is 5.60 Å². The molecule has 5 rings (SSSR count). The van der Waals surface area contributed by atoms with Crippen molar-refractivity contribution in [3.63, 3.8) is 0 Å². The number of allylic oxidation sites excluding steroid dienone is 2. The number of nitrogens with zero attached hydrogens (tertiary/aromatic N) is 1. The average Bonchev–Trinajstić information content (AvgIpc) is 2.87. The molecule has 0 amide bonds. The second-order valence-corrected chi connectivity index (χ2v) is 11.2. The Balaban J connectivity index is 1.59. The zero-order chi connectivity index (χ0) is 25.0. The normalized spacial score (nSPS) is 17.8. The zero-order valence-electron chi connectivity index (χ0n) is 22.1. The Morgan fingerprint density at radius 2 is 1.22 bits per heavy atom. The molecular formula is C34H39NO. The van der Waals surface area contributed by atoms with E-state index in [1.165, 1.54) is 57.6 Å². The smallest absolute Gasteiger partial charge is 0.0704 e. The number of pyridine rings is 1. The van der Waals surface area contributed by atoms with Gasteiger partial charge in [-0.1, -0.05) is 60.7 Å². The van der Waals surface area contributed by atoms with E-state index in [0.29, 0.717) is 0 Å². The van der Waals surface area contributed by atoms with Crippen LogP contribution in [0.5, 0.6) is 0 Å². The molecule has 0 N–H and O–H groups in total. The molecule has 2 nitrogen and oxygen atoms in total. The molecule has 186 valence electrons. The third kappa shape index (κ3) is 5.87. The van der Waals surface area contributed by atoms with Crippen molar-refractivity contribution >= 4 is 23.3 Å². The molecule has 0 spiro atoms. The van der Waals surface area contributed by atoms with Crippen molar-refractivity contribution in [2.45, 2.75) is 77.7 Å². The van der Waals surface area contributed by atoms with E-state index in [2.05, 4.69) is 93.6 Å². The van der Waals surface area contributed by atoms with Gasteiger partial charge in [-0.05, 0) is 123 Å². The molecular weight excluding hydrogens is 438 g/mol. The van der Waals surface area contributed by atoms with Crippen LogP contribution in [0.25, 0.3) is 23.3 Å². The molecule has 1 heterocycles. The number of aromatic nitrogens is 1. The largest absolute Gasteiger partial charge is 0.376 e. The SMILES string of the molecule is CC(C)(C)OCCCc1c2c(nc3c1CCC/C3=C\c1ccccc1)/C(=C/c1ccccc1)CCC2. The van der Waals surface area contributed by atoms with Crippen molar-refractivity contribution in [3.8, 4) is 0 Å². The van der Waals surface area contributed by atoms with Crippen molar-refractivity contribution in [1.29, 1.82) is 0 Å². The van der Waals surface area contributed by atoms with Crippen LogP contribution in [-0.4, -0.2) is 17.2 Å². The molecule has 36 heavy (non-hydrogen) atoms. The summed E-state index contributed by atoms with van der Waals surface area (Å²) in [5.41, 5.74) is 12.3. The molecule has 0 saturated carbocycles. The highest BCUT2D eigenvalue weighted by atomic mass is 16.5. The van der Waals surface area contributed by atoms with Crippen molar-refractivity contribution in [3.05, 3.63) is 99.9 Å². The first-order valence-electron chi connectivity index (χ1n) is 13.7. The van der Waals surface area contributed by atoms with Crippen LogP contribution in [0.2, 0.25) is 0 Å². The number of benzene rings is 2. The van der Waals surface area contributed by atoms with Gasteiger partial charge in [0.2, 0.25) is 0 Å². The van der Waals surface area contributed by atoms with Crippen LogP contribution in [0.4, 0.5) is 0 Å². The molecule has 0 radical (unpaired) electrons. The fourth-order valence-electron chi connectivity index (χ4n) is 5.64. The molecule has 2 aliphatic rings. The first kappa shape index (κ1) is 24.7. The molecule has 3 aromatic rings. The molecule has 0 unspecified atom stereocenters. The molecule has 0 fully saturated rings. The third-order valence-electron chi connectivity index (χ3n) is 7.27. The maximum Gasteiger partial charge on any atom is 0.0704 e. The lowest BCUT2D eigenvalue weighted by atomic mass is 9.79. The molecule has 1 aromatic heterocycles. The Labute approximate surface area is 217 Å². The van der Waals surface area contributed by atoms with Crippen molar-refractivity contribution < 1.29 is 4.74 Å². The molecule has 0 bridgehead atoms. The maximum atomic E-state index is 6.10. The van der Waals surface area contributed by atoms with Crippen LogP contribution in [-0.2, 0) is 24.0 Å². The van der Waals surface area contributed by atoms with Crippen LogP contribution in [0, 0.1) is 0 Å². The lowest BCUT2D eigenvalue weighted by Gasteiger charge is -2.29. The van der Waals surface area contributed by atoms with E-state index in [1.807, 2.05) is 0 Å². The Bertz CT molecular complexity index is 1160. The van der Waals surface area contributed by atoms with Gasteiger partial charge in [0.1, 0.15) is 0 Å². The van der Waals surface area contributed by atoms with E-state index < -0.39 is 0 Å². The zero-order valence-corrected chi connectivity index (χ0v) is 22.1. The summed E-state index contributed by atoms with van der Waals surface area (Å²) < 4.78 is 6.10. The quantitative estimate of drug-likeness (QED) is 0.332. The Kier molecular flexibility index (Phi) is 7.53. The molecule has 2 heteroatoms. The minimum atomic E-state index is -0.0890. The van der Waals surface area contributed by atoms with Crippen molar-refractivity contribution in [2.75, 3.05) is 6.61 Å². The predicted molar refractivity (Wildman–Crippen MR) is 153 cm³/mol. The molecule has 0 atom stereocenters. The predicted octanol–water partition coefficient (Wildman–Crippen LogP) is 8.58. The van der Waals surface area contributed by atoms with E-state index in [9.17, 15) is 0 Å². The fourth-order valence-corrected chi connectivity index (χ4v) is 5.64. The van der Waals surface area contributed by atoms with Gasteiger partial charge in [-0.2, -0.15) is 0 Å². The highest BCUT2D eigenvalue weighted by molar-refractivity contribution is 5.87. The first-order valence-corrected chi connectivity index (χ1v) is 13.7. The molecule has 2 aromatic carbocycles. The van der Waals surface area contributed by atoms with Gasteiger partial charge in [0.15, 0.2) is 0 Å². The van der Waals surface area contributed by atoms with E-state index in [1.54, 1.807) is 5.56 Å². The van der Waals surface area contributed by atoms with Gasteiger partial charge >= 0.3 is 0 Å². The van der Waals surface area contributed by atoms with Gasteiger partial charge in [-0.25, -0.2) is 4.98 Å². The second-order valence-electron chi connectivity index (χ2n) is 11.2. The highest BCUT2D eigenvalue weighted by Gasteiger charge is 2.27. The minimum absolute atomic E-state index is 0.0890. The summed E-state index contributed by atoms with van der Waals surface area (Å²) in [5.74, 6) is 0. The van der Waals surface area contributed by atoms with Gasteiger partial charge in [-0.3, -0.25) is 0 Å². The van der Waals surface area contributed by atoms with E-state index >= 15 is 0 Å². The Hall–Kier alpha value is -2.97. The standard InChI is InChI=1S/C34H39NO/c1-34(2,3)36-22-12-21-29-30-19-10-17-27(23-25-13-6-4-7-14-25)32(30)35-33-28(18-11-20-31(29)33)24-26-15-8-5-9-16-26/h4-9,13-16,23-24H,10-12,17-22H2,1-3H3/b27-23+,28-24+. The number of ether oxygens (including phenoxy) is 1. The monoisotopic (exact) mass is 477 g/mol. The molecule has 0 aliphatic heterocycles. The van der Waals surface area contributed by atoms with Crippen LogP contribution in [0.1, 0.15) is 92.1 Å². The topological polar surface area (TPSA) is 22.1 Å². The average molecular weight is 478 g/mol. The number of fused-ring (bicyclic) bond motifs is 2. The summed E-state index contributed by atoms with van der Waals surface area (Å²) in [6.07, 6.45) is 13.7.